The molecule has 2 saturated carbocycles. The fraction of sp³-hybridized carbons (Fsp3) is 1.00. The first-order valence-electron chi connectivity index (χ1n) is 8.14. The predicted octanol–water partition coefficient (Wildman–Crippen LogP) is 5.95. The fourth-order valence-corrected chi connectivity index (χ4v) is 4.52. The van der Waals surface area contributed by atoms with Crippen LogP contribution >= 0.6 is 0 Å². The maximum absolute atomic E-state index is 2.61. The van der Waals surface area contributed by atoms with Gasteiger partial charge >= 0.3 is 0 Å². The Labute approximate surface area is 109 Å². The highest BCUT2D eigenvalue weighted by molar-refractivity contribution is 4.93. The Bertz CT molecular complexity index is 220. The zero-order chi connectivity index (χ0) is 12.4. The molecule has 0 heteroatoms. The zero-order valence-electron chi connectivity index (χ0n) is 12.4. The van der Waals surface area contributed by atoms with E-state index in [4.69, 9.17) is 0 Å². The lowest BCUT2D eigenvalue weighted by Crippen LogP contribution is -2.37. The molecular weight excluding hydrogens is 204 g/mol. The van der Waals surface area contributed by atoms with E-state index >= 15 is 0 Å². The van der Waals surface area contributed by atoms with Crippen LogP contribution in [0.5, 0.6) is 0 Å². The van der Waals surface area contributed by atoms with Crippen LogP contribution in [0.25, 0.3) is 0 Å². The van der Waals surface area contributed by atoms with Gasteiger partial charge in [-0.3, -0.25) is 0 Å². The van der Waals surface area contributed by atoms with Gasteiger partial charge in [0.2, 0.25) is 0 Å². The summed E-state index contributed by atoms with van der Waals surface area (Å²) in [7, 11) is 0. The molecule has 2 aliphatic carbocycles. The van der Waals surface area contributed by atoms with Crippen molar-refractivity contribution in [2.45, 2.75) is 91.4 Å². The highest BCUT2D eigenvalue weighted by Crippen LogP contribution is 2.54. The lowest BCUT2D eigenvalue weighted by Gasteiger charge is -2.49. The summed E-state index contributed by atoms with van der Waals surface area (Å²) < 4.78 is 0. The molecule has 2 aliphatic rings. The Balaban J connectivity index is 1.96. The molecule has 0 aromatic carbocycles. The van der Waals surface area contributed by atoms with E-state index in [9.17, 15) is 0 Å². The summed E-state index contributed by atoms with van der Waals surface area (Å²) in [4.78, 5) is 0. The molecule has 2 rings (SSSR count). The van der Waals surface area contributed by atoms with Crippen molar-refractivity contribution in [3.63, 3.8) is 0 Å². The van der Waals surface area contributed by atoms with Crippen molar-refractivity contribution in [3.05, 3.63) is 0 Å². The Hall–Kier alpha value is 0. The first kappa shape index (κ1) is 13.4. The average molecular weight is 236 g/mol. The summed E-state index contributed by atoms with van der Waals surface area (Å²) >= 11 is 0. The van der Waals surface area contributed by atoms with Crippen molar-refractivity contribution in [2.75, 3.05) is 0 Å². The smallest absolute Gasteiger partial charge is 0.0297 e. The van der Waals surface area contributed by atoms with Crippen LogP contribution in [0.4, 0.5) is 0 Å². The third-order valence-electron chi connectivity index (χ3n) is 6.54. The van der Waals surface area contributed by atoms with Gasteiger partial charge in [-0.1, -0.05) is 52.9 Å². The molecule has 0 aliphatic heterocycles. The number of hydrogen-bond acceptors (Lipinski definition) is 0. The molecule has 0 saturated heterocycles. The highest BCUT2D eigenvalue weighted by Gasteiger charge is 2.42. The summed E-state index contributed by atoms with van der Waals surface area (Å²) in [6, 6.07) is 0. The normalized spacial score (nSPS) is 29.1. The first-order valence-corrected chi connectivity index (χ1v) is 8.14. The van der Waals surface area contributed by atoms with Gasteiger partial charge < -0.3 is 0 Å². The second kappa shape index (κ2) is 5.33. The molecule has 0 atom stereocenters. The number of rotatable bonds is 3. The minimum atomic E-state index is 0.703. The molecule has 0 radical (unpaired) electrons. The maximum atomic E-state index is 2.61. The molecular formula is C17H32. The van der Waals surface area contributed by atoms with Crippen molar-refractivity contribution in [3.8, 4) is 0 Å². The molecule has 0 nitrogen and oxygen atoms in total. The van der Waals surface area contributed by atoms with E-state index in [-0.39, 0.29) is 0 Å². The molecule has 0 heterocycles. The standard InChI is InChI=1S/C17H32/c1-4-17(5-2)13-11-16(3,12-14-17)15-9-7-6-8-10-15/h15H,4-14H2,1-3H3. The first-order chi connectivity index (χ1) is 8.14. The second-order valence-electron chi connectivity index (χ2n) is 7.20. The summed E-state index contributed by atoms with van der Waals surface area (Å²) in [6.45, 7) is 7.43. The summed E-state index contributed by atoms with van der Waals surface area (Å²) in [6.07, 6.45) is 16.4. The van der Waals surface area contributed by atoms with Crippen molar-refractivity contribution < 1.29 is 0 Å². The van der Waals surface area contributed by atoms with Gasteiger partial charge in [0.15, 0.2) is 0 Å². The summed E-state index contributed by atoms with van der Waals surface area (Å²) in [5.41, 5.74) is 1.42. The van der Waals surface area contributed by atoms with Crippen LogP contribution in [0.3, 0.4) is 0 Å². The van der Waals surface area contributed by atoms with E-state index in [1.807, 2.05) is 0 Å². The molecule has 0 aromatic heterocycles. The Morgan fingerprint density at radius 3 is 1.82 bits per heavy atom. The van der Waals surface area contributed by atoms with Gasteiger partial charge in [0, 0.05) is 0 Å². The second-order valence-corrected chi connectivity index (χ2v) is 7.20. The maximum Gasteiger partial charge on any atom is -0.0297 e. The minimum Gasteiger partial charge on any atom is -0.0649 e. The average Bonchev–Trinajstić information content (AvgIpc) is 2.41. The largest absolute Gasteiger partial charge is 0.0649 e. The lowest BCUT2D eigenvalue weighted by atomic mass is 9.56. The quantitative estimate of drug-likeness (QED) is 0.567. The molecule has 0 spiro atoms. The van der Waals surface area contributed by atoms with Crippen molar-refractivity contribution in [1.82, 2.24) is 0 Å². The molecule has 100 valence electrons. The molecule has 2 fully saturated rings. The van der Waals surface area contributed by atoms with Crippen molar-refractivity contribution in [2.24, 2.45) is 16.7 Å². The van der Waals surface area contributed by atoms with Crippen LogP contribution in [-0.2, 0) is 0 Å². The molecule has 0 bridgehead atoms. The fourth-order valence-electron chi connectivity index (χ4n) is 4.52. The van der Waals surface area contributed by atoms with E-state index in [1.54, 1.807) is 0 Å². The van der Waals surface area contributed by atoms with Gasteiger partial charge in [-0.2, -0.15) is 0 Å². The topological polar surface area (TPSA) is 0 Å². The van der Waals surface area contributed by atoms with Crippen LogP contribution in [-0.4, -0.2) is 0 Å². The van der Waals surface area contributed by atoms with Gasteiger partial charge in [-0.25, -0.2) is 0 Å². The van der Waals surface area contributed by atoms with Gasteiger partial charge in [-0.05, 0) is 55.3 Å². The summed E-state index contributed by atoms with van der Waals surface area (Å²) in [5.74, 6) is 1.06. The zero-order valence-corrected chi connectivity index (χ0v) is 12.4. The molecule has 0 amide bonds. The highest BCUT2D eigenvalue weighted by atomic mass is 14.5. The van der Waals surface area contributed by atoms with E-state index in [2.05, 4.69) is 20.8 Å². The third kappa shape index (κ3) is 2.71. The predicted molar refractivity (Wildman–Crippen MR) is 76.2 cm³/mol. The van der Waals surface area contributed by atoms with Crippen molar-refractivity contribution in [1.29, 1.82) is 0 Å². The third-order valence-corrected chi connectivity index (χ3v) is 6.54. The molecule has 0 aromatic rings. The van der Waals surface area contributed by atoms with Crippen LogP contribution in [0.1, 0.15) is 91.4 Å². The van der Waals surface area contributed by atoms with E-state index < -0.39 is 0 Å². The van der Waals surface area contributed by atoms with Crippen LogP contribution in [0.15, 0.2) is 0 Å². The van der Waals surface area contributed by atoms with Gasteiger partial charge in [0.25, 0.3) is 0 Å². The van der Waals surface area contributed by atoms with Crippen LogP contribution in [0.2, 0.25) is 0 Å². The number of hydrogen-bond donors (Lipinski definition) is 0. The van der Waals surface area contributed by atoms with Gasteiger partial charge in [-0.15, -0.1) is 0 Å². The molecule has 17 heavy (non-hydrogen) atoms. The SMILES string of the molecule is CCC1(CC)CCC(C)(C2CCCCC2)CC1. The van der Waals surface area contributed by atoms with Gasteiger partial charge in [0.05, 0.1) is 0 Å². The molecule has 0 N–H and O–H groups in total. The Kier molecular flexibility index (Phi) is 4.21. The summed E-state index contributed by atoms with van der Waals surface area (Å²) in [5, 5.41) is 0. The minimum absolute atomic E-state index is 0.703. The monoisotopic (exact) mass is 236 g/mol. The van der Waals surface area contributed by atoms with Crippen LogP contribution < -0.4 is 0 Å². The van der Waals surface area contributed by atoms with Gasteiger partial charge in [0.1, 0.15) is 0 Å². The Morgan fingerprint density at radius 1 is 0.824 bits per heavy atom. The lowest BCUT2D eigenvalue weighted by molar-refractivity contribution is 0.0223. The Morgan fingerprint density at radius 2 is 1.35 bits per heavy atom. The van der Waals surface area contributed by atoms with E-state index in [0.717, 1.165) is 5.92 Å². The molecule has 0 unspecified atom stereocenters. The van der Waals surface area contributed by atoms with E-state index in [0.29, 0.717) is 10.8 Å². The van der Waals surface area contributed by atoms with Crippen LogP contribution in [0, 0.1) is 16.7 Å². The van der Waals surface area contributed by atoms with E-state index in [1.165, 1.54) is 70.6 Å². The van der Waals surface area contributed by atoms with Crippen molar-refractivity contribution >= 4 is 0 Å².